The molecule has 1 amide bonds. The van der Waals surface area contributed by atoms with Crippen LogP contribution >= 0.6 is 11.6 Å². The molecule has 0 bridgehead atoms. The number of hydrogen-bond acceptors (Lipinski definition) is 2. The highest BCUT2D eigenvalue weighted by Crippen LogP contribution is 2.23. The number of amides is 1. The van der Waals surface area contributed by atoms with Crippen molar-refractivity contribution in [2.75, 3.05) is 11.1 Å². The number of hydrogen-bond donors (Lipinski definition) is 2. The molecule has 3 N–H and O–H groups in total. The molecule has 2 rings (SSSR count). The Kier molecular flexibility index (Phi) is 3.85. The Morgan fingerprint density at radius 2 is 1.80 bits per heavy atom. The van der Waals surface area contributed by atoms with Crippen molar-refractivity contribution in [1.29, 1.82) is 0 Å². The summed E-state index contributed by atoms with van der Waals surface area (Å²) >= 11 is 5.71. The van der Waals surface area contributed by atoms with Gasteiger partial charge in [-0.05, 0) is 30.3 Å². The highest BCUT2D eigenvalue weighted by molar-refractivity contribution is 6.33. The number of nitrogens with two attached hydrogens (primary N) is 1. The Bertz CT molecular complexity index is 692. The molecule has 0 saturated carbocycles. The molecule has 0 aliphatic heterocycles. The van der Waals surface area contributed by atoms with E-state index in [-0.39, 0.29) is 11.4 Å². The van der Waals surface area contributed by atoms with Gasteiger partial charge in [0.2, 0.25) is 0 Å². The van der Waals surface area contributed by atoms with Crippen LogP contribution in [0.25, 0.3) is 0 Å². The molecule has 0 aromatic heterocycles. The molecule has 0 radical (unpaired) electrons. The molecular weight excluding hydrogens is 293 g/mol. The molecule has 0 fully saturated rings. The maximum absolute atomic E-state index is 13.4. The zero-order chi connectivity index (χ0) is 14.9. The average Bonchev–Trinajstić information content (AvgIpc) is 2.40. The molecule has 20 heavy (non-hydrogen) atoms. The van der Waals surface area contributed by atoms with Crippen molar-refractivity contribution < 1.29 is 18.0 Å². The second kappa shape index (κ2) is 5.42. The minimum atomic E-state index is -1.70. The van der Waals surface area contributed by atoms with E-state index in [1.165, 1.54) is 18.2 Å². The van der Waals surface area contributed by atoms with Crippen LogP contribution in [-0.4, -0.2) is 5.91 Å². The number of anilines is 2. The van der Waals surface area contributed by atoms with E-state index < -0.39 is 28.9 Å². The van der Waals surface area contributed by atoms with Crippen LogP contribution in [0.2, 0.25) is 5.02 Å². The lowest BCUT2D eigenvalue weighted by atomic mass is 10.1. The largest absolute Gasteiger partial charge is 0.397 e. The minimum absolute atomic E-state index is 0.218. The number of carbonyl (C=O) groups excluding carboxylic acids is 1. The number of nitrogens with one attached hydrogen (secondary N) is 1. The van der Waals surface area contributed by atoms with Crippen molar-refractivity contribution in [3.05, 3.63) is 58.4 Å². The Morgan fingerprint density at radius 1 is 1.10 bits per heavy atom. The van der Waals surface area contributed by atoms with Crippen LogP contribution in [0.4, 0.5) is 24.5 Å². The van der Waals surface area contributed by atoms with Gasteiger partial charge >= 0.3 is 0 Å². The van der Waals surface area contributed by atoms with E-state index in [1.54, 1.807) is 0 Å². The summed E-state index contributed by atoms with van der Waals surface area (Å²) in [4.78, 5) is 11.8. The fourth-order valence-corrected chi connectivity index (χ4v) is 1.64. The molecule has 0 atom stereocenters. The van der Waals surface area contributed by atoms with Gasteiger partial charge < -0.3 is 11.1 Å². The van der Waals surface area contributed by atoms with Gasteiger partial charge in [-0.2, -0.15) is 0 Å². The fourth-order valence-electron chi connectivity index (χ4n) is 1.52. The first-order valence-electron chi connectivity index (χ1n) is 5.40. The van der Waals surface area contributed by atoms with Crippen LogP contribution in [-0.2, 0) is 0 Å². The lowest BCUT2D eigenvalue weighted by Crippen LogP contribution is -2.15. The van der Waals surface area contributed by atoms with Crippen LogP contribution in [0.5, 0.6) is 0 Å². The zero-order valence-electron chi connectivity index (χ0n) is 9.88. The SMILES string of the molecule is Nc1cc(NC(=O)c2ccc(F)c(F)c2F)ccc1Cl. The maximum atomic E-state index is 13.4. The molecule has 7 heteroatoms. The van der Waals surface area contributed by atoms with E-state index in [0.717, 1.165) is 6.07 Å². The molecule has 0 saturated heterocycles. The summed E-state index contributed by atoms with van der Waals surface area (Å²) in [5.41, 5.74) is 5.40. The minimum Gasteiger partial charge on any atom is -0.397 e. The van der Waals surface area contributed by atoms with E-state index in [0.29, 0.717) is 11.1 Å². The summed E-state index contributed by atoms with van der Waals surface area (Å²) in [5, 5.41) is 2.60. The predicted molar refractivity (Wildman–Crippen MR) is 70.1 cm³/mol. The van der Waals surface area contributed by atoms with Gasteiger partial charge in [0.15, 0.2) is 17.5 Å². The Hall–Kier alpha value is -2.21. The van der Waals surface area contributed by atoms with Crippen LogP contribution in [0.3, 0.4) is 0 Å². The lowest BCUT2D eigenvalue weighted by molar-refractivity contribution is 0.102. The van der Waals surface area contributed by atoms with E-state index in [9.17, 15) is 18.0 Å². The Balaban J connectivity index is 2.28. The summed E-state index contributed by atoms with van der Waals surface area (Å²) in [7, 11) is 0. The van der Waals surface area contributed by atoms with E-state index in [2.05, 4.69) is 5.32 Å². The topological polar surface area (TPSA) is 55.1 Å². The third-order valence-corrected chi connectivity index (χ3v) is 2.88. The Morgan fingerprint density at radius 3 is 2.45 bits per heavy atom. The number of benzene rings is 2. The average molecular weight is 301 g/mol. The molecular formula is C13H8ClF3N2O. The molecule has 2 aromatic rings. The van der Waals surface area contributed by atoms with Crippen LogP contribution in [0.1, 0.15) is 10.4 Å². The molecule has 2 aromatic carbocycles. The zero-order valence-corrected chi connectivity index (χ0v) is 10.6. The van der Waals surface area contributed by atoms with Gasteiger partial charge in [-0.25, -0.2) is 13.2 Å². The van der Waals surface area contributed by atoms with Crippen molar-refractivity contribution in [2.24, 2.45) is 0 Å². The normalized spacial score (nSPS) is 10.4. The number of carbonyl (C=O) groups is 1. The highest BCUT2D eigenvalue weighted by Gasteiger charge is 2.18. The highest BCUT2D eigenvalue weighted by atomic mass is 35.5. The molecule has 3 nitrogen and oxygen atoms in total. The third kappa shape index (κ3) is 2.70. The molecule has 0 spiro atoms. The molecule has 0 unspecified atom stereocenters. The van der Waals surface area contributed by atoms with Gasteiger partial charge in [0.25, 0.3) is 5.91 Å². The van der Waals surface area contributed by atoms with E-state index in [4.69, 9.17) is 17.3 Å². The van der Waals surface area contributed by atoms with Crippen LogP contribution in [0, 0.1) is 17.5 Å². The predicted octanol–water partition coefficient (Wildman–Crippen LogP) is 3.59. The first-order valence-corrected chi connectivity index (χ1v) is 5.78. The van der Waals surface area contributed by atoms with Gasteiger partial charge in [-0.1, -0.05) is 11.6 Å². The van der Waals surface area contributed by atoms with Gasteiger partial charge in [0, 0.05) is 5.69 Å². The van der Waals surface area contributed by atoms with Gasteiger partial charge in [0.1, 0.15) is 0 Å². The van der Waals surface area contributed by atoms with Crippen LogP contribution in [0.15, 0.2) is 30.3 Å². The number of rotatable bonds is 2. The number of halogens is 4. The first kappa shape index (κ1) is 14.2. The second-order valence-corrected chi connectivity index (χ2v) is 4.32. The molecule has 0 heterocycles. The van der Waals surface area contributed by atoms with Crippen molar-refractivity contribution in [3.63, 3.8) is 0 Å². The lowest BCUT2D eigenvalue weighted by Gasteiger charge is -2.08. The summed E-state index contributed by atoms with van der Waals surface area (Å²) in [6.07, 6.45) is 0. The van der Waals surface area contributed by atoms with E-state index in [1.807, 2.05) is 0 Å². The summed E-state index contributed by atoms with van der Waals surface area (Å²) in [6, 6.07) is 5.76. The van der Waals surface area contributed by atoms with E-state index >= 15 is 0 Å². The Labute approximate surface area is 117 Å². The monoisotopic (exact) mass is 300 g/mol. The fraction of sp³-hybridized carbons (Fsp3) is 0. The molecule has 0 aliphatic carbocycles. The number of nitrogen functional groups attached to an aromatic ring is 1. The van der Waals surface area contributed by atoms with Gasteiger partial charge in [-0.3, -0.25) is 4.79 Å². The van der Waals surface area contributed by atoms with Crippen molar-refractivity contribution in [3.8, 4) is 0 Å². The van der Waals surface area contributed by atoms with Crippen molar-refractivity contribution in [2.45, 2.75) is 0 Å². The standard InChI is InChI=1S/C13H8ClF3N2O/c14-8-3-1-6(5-10(8)18)19-13(20)7-2-4-9(15)12(17)11(7)16/h1-5H,18H2,(H,19,20). The smallest absolute Gasteiger partial charge is 0.258 e. The quantitative estimate of drug-likeness (QED) is 0.658. The van der Waals surface area contributed by atoms with Gasteiger partial charge in [0.05, 0.1) is 16.3 Å². The second-order valence-electron chi connectivity index (χ2n) is 3.91. The maximum Gasteiger partial charge on any atom is 0.258 e. The summed E-state index contributed by atoms with van der Waals surface area (Å²) in [5.74, 6) is -5.55. The molecule has 0 aliphatic rings. The molecule has 104 valence electrons. The van der Waals surface area contributed by atoms with Gasteiger partial charge in [-0.15, -0.1) is 0 Å². The first-order chi connectivity index (χ1) is 9.40. The summed E-state index contributed by atoms with van der Waals surface area (Å²) in [6.45, 7) is 0. The van der Waals surface area contributed by atoms with Crippen molar-refractivity contribution in [1.82, 2.24) is 0 Å². The third-order valence-electron chi connectivity index (χ3n) is 2.53. The van der Waals surface area contributed by atoms with Crippen LogP contribution < -0.4 is 11.1 Å². The van der Waals surface area contributed by atoms with Crippen molar-refractivity contribution >= 4 is 28.9 Å². The summed E-state index contributed by atoms with van der Waals surface area (Å²) < 4.78 is 39.2.